The number of halogens is 1. The third-order valence-electron chi connectivity index (χ3n) is 2.04. The fraction of sp³-hybridized carbons (Fsp3) is 1.00. The summed E-state index contributed by atoms with van der Waals surface area (Å²) in [5, 5.41) is 3.35. The van der Waals surface area contributed by atoms with Crippen LogP contribution in [0.15, 0.2) is 0 Å². The third kappa shape index (κ3) is 2.55. The van der Waals surface area contributed by atoms with Crippen LogP contribution < -0.4 is 5.32 Å². The highest BCUT2D eigenvalue weighted by molar-refractivity contribution is 5.85. The van der Waals surface area contributed by atoms with Crippen molar-refractivity contribution in [3.8, 4) is 0 Å². The molecule has 1 N–H and O–H groups in total. The highest BCUT2D eigenvalue weighted by atomic mass is 35.5. The van der Waals surface area contributed by atoms with Crippen molar-refractivity contribution in [2.24, 2.45) is 11.8 Å². The van der Waals surface area contributed by atoms with Gasteiger partial charge in [-0.2, -0.15) is 0 Å². The lowest BCUT2D eigenvalue weighted by molar-refractivity contribution is 0.419. The van der Waals surface area contributed by atoms with Crippen molar-refractivity contribution in [2.75, 3.05) is 13.1 Å². The molecule has 0 aromatic heterocycles. The van der Waals surface area contributed by atoms with Gasteiger partial charge in [0.25, 0.3) is 0 Å². The predicted octanol–water partition coefficient (Wildman–Crippen LogP) is 1.67. The van der Waals surface area contributed by atoms with Crippen LogP contribution in [-0.2, 0) is 0 Å². The first-order chi connectivity index (χ1) is 3.80. The highest BCUT2D eigenvalue weighted by Crippen LogP contribution is 2.16. The summed E-state index contributed by atoms with van der Waals surface area (Å²) in [6.07, 6.45) is 1.39. The Bertz CT molecular complexity index is 67.3. The molecule has 0 spiro atoms. The van der Waals surface area contributed by atoms with Crippen molar-refractivity contribution in [1.82, 2.24) is 5.32 Å². The van der Waals surface area contributed by atoms with E-state index in [0.29, 0.717) is 0 Å². The van der Waals surface area contributed by atoms with E-state index in [1.807, 2.05) is 0 Å². The van der Waals surface area contributed by atoms with Gasteiger partial charge in [0, 0.05) is 0 Å². The lowest BCUT2D eigenvalue weighted by Crippen LogP contribution is -2.12. The molecule has 1 atom stereocenters. The van der Waals surface area contributed by atoms with E-state index in [1.165, 1.54) is 19.5 Å². The van der Waals surface area contributed by atoms with Crippen molar-refractivity contribution in [3.05, 3.63) is 0 Å². The van der Waals surface area contributed by atoms with Gasteiger partial charge in [-0.15, -0.1) is 12.4 Å². The van der Waals surface area contributed by atoms with E-state index >= 15 is 0 Å². The number of nitrogens with one attached hydrogen (secondary N) is 1. The molecule has 0 aromatic rings. The van der Waals surface area contributed by atoms with Crippen LogP contribution in [0.2, 0.25) is 0 Å². The van der Waals surface area contributed by atoms with Gasteiger partial charge in [0.2, 0.25) is 0 Å². The average molecular weight is 150 g/mol. The minimum atomic E-state index is 0. The van der Waals surface area contributed by atoms with E-state index in [0.717, 1.165) is 11.8 Å². The maximum Gasteiger partial charge on any atom is -0.00176 e. The molecule has 0 unspecified atom stereocenters. The SMILES string of the molecule is CC(C)[C@@H]1CCNC1.Cl. The van der Waals surface area contributed by atoms with Gasteiger partial charge >= 0.3 is 0 Å². The summed E-state index contributed by atoms with van der Waals surface area (Å²) in [7, 11) is 0. The van der Waals surface area contributed by atoms with Crippen LogP contribution in [0, 0.1) is 11.8 Å². The molecule has 2 heteroatoms. The van der Waals surface area contributed by atoms with Crippen LogP contribution >= 0.6 is 12.4 Å². The molecule has 1 heterocycles. The van der Waals surface area contributed by atoms with Crippen molar-refractivity contribution in [1.29, 1.82) is 0 Å². The Morgan fingerprint density at radius 2 is 2.11 bits per heavy atom. The lowest BCUT2D eigenvalue weighted by Gasteiger charge is -2.10. The zero-order valence-electron chi connectivity index (χ0n) is 6.18. The molecule has 0 bridgehead atoms. The van der Waals surface area contributed by atoms with Gasteiger partial charge in [-0.3, -0.25) is 0 Å². The molecule has 1 aliphatic heterocycles. The molecule has 9 heavy (non-hydrogen) atoms. The fourth-order valence-electron chi connectivity index (χ4n) is 1.25. The Morgan fingerprint density at radius 1 is 1.44 bits per heavy atom. The minimum Gasteiger partial charge on any atom is -0.316 e. The number of rotatable bonds is 1. The number of hydrogen-bond donors (Lipinski definition) is 1. The first-order valence-corrected chi connectivity index (χ1v) is 3.51. The zero-order chi connectivity index (χ0) is 5.98. The minimum absolute atomic E-state index is 0. The monoisotopic (exact) mass is 149 g/mol. The van der Waals surface area contributed by atoms with E-state index in [-0.39, 0.29) is 12.4 Å². The molecule has 1 saturated heterocycles. The Hall–Kier alpha value is 0.250. The lowest BCUT2D eigenvalue weighted by atomic mass is 9.96. The zero-order valence-corrected chi connectivity index (χ0v) is 7.00. The van der Waals surface area contributed by atoms with E-state index in [4.69, 9.17) is 0 Å². The average Bonchev–Trinajstić information content (AvgIpc) is 2.12. The second-order valence-electron chi connectivity index (χ2n) is 3.00. The Balaban J connectivity index is 0.000000640. The maximum absolute atomic E-state index is 3.35. The van der Waals surface area contributed by atoms with Crippen molar-refractivity contribution < 1.29 is 0 Å². The Kier molecular flexibility index (Phi) is 4.24. The van der Waals surface area contributed by atoms with Gasteiger partial charge in [-0.25, -0.2) is 0 Å². The quantitative estimate of drug-likeness (QED) is 0.598. The van der Waals surface area contributed by atoms with Gasteiger partial charge in [-0.1, -0.05) is 13.8 Å². The van der Waals surface area contributed by atoms with Crippen LogP contribution in [-0.4, -0.2) is 13.1 Å². The van der Waals surface area contributed by atoms with Gasteiger partial charge in [0.15, 0.2) is 0 Å². The van der Waals surface area contributed by atoms with Gasteiger partial charge in [0.1, 0.15) is 0 Å². The summed E-state index contributed by atoms with van der Waals surface area (Å²) in [5.41, 5.74) is 0. The maximum atomic E-state index is 3.35. The first kappa shape index (κ1) is 9.25. The molecule has 56 valence electrons. The molecule has 0 amide bonds. The second-order valence-corrected chi connectivity index (χ2v) is 3.00. The second kappa shape index (κ2) is 4.13. The van der Waals surface area contributed by atoms with Crippen molar-refractivity contribution in [3.63, 3.8) is 0 Å². The molecule has 0 radical (unpaired) electrons. The van der Waals surface area contributed by atoms with Crippen LogP contribution in [0.3, 0.4) is 0 Å². The molecule has 0 aromatic carbocycles. The van der Waals surface area contributed by atoms with Crippen LogP contribution in [0.25, 0.3) is 0 Å². The number of hydrogen-bond acceptors (Lipinski definition) is 1. The molecule has 0 aliphatic carbocycles. The predicted molar refractivity (Wildman–Crippen MR) is 43.1 cm³/mol. The highest BCUT2D eigenvalue weighted by Gasteiger charge is 2.16. The molecule has 1 aliphatic rings. The summed E-state index contributed by atoms with van der Waals surface area (Å²) in [5.74, 6) is 1.83. The largest absolute Gasteiger partial charge is 0.316 e. The van der Waals surface area contributed by atoms with E-state index in [2.05, 4.69) is 19.2 Å². The van der Waals surface area contributed by atoms with Crippen molar-refractivity contribution >= 4 is 12.4 Å². The molecular formula is C7H16ClN. The smallest absolute Gasteiger partial charge is 0.00176 e. The molecule has 1 fully saturated rings. The normalized spacial score (nSPS) is 26.3. The van der Waals surface area contributed by atoms with Crippen LogP contribution in [0.4, 0.5) is 0 Å². The standard InChI is InChI=1S/C7H15N.ClH/c1-6(2)7-3-4-8-5-7;/h6-8H,3-5H2,1-2H3;1H/t7-;/m1./s1. The summed E-state index contributed by atoms with van der Waals surface area (Å²) < 4.78 is 0. The summed E-state index contributed by atoms with van der Waals surface area (Å²) in [4.78, 5) is 0. The molecular weight excluding hydrogens is 134 g/mol. The van der Waals surface area contributed by atoms with Crippen LogP contribution in [0.5, 0.6) is 0 Å². The Labute approximate surface area is 63.6 Å². The van der Waals surface area contributed by atoms with Crippen LogP contribution in [0.1, 0.15) is 20.3 Å². The van der Waals surface area contributed by atoms with Crippen molar-refractivity contribution in [2.45, 2.75) is 20.3 Å². The van der Waals surface area contributed by atoms with E-state index in [9.17, 15) is 0 Å². The van der Waals surface area contributed by atoms with E-state index < -0.39 is 0 Å². The molecule has 1 nitrogen and oxygen atoms in total. The topological polar surface area (TPSA) is 12.0 Å². The van der Waals surface area contributed by atoms with Gasteiger partial charge < -0.3 is 5.32 Å². The fourth-order valence-corrected chi connectivity index (χ4v) is 1.25. The Morgan fingerprint density at radius 3 is 2.33 bits per heavy atom. The summed E-state index contributed by atoms with van der Waals surface area (Å²) in [6, 6.07) is 0. The molecule has 1 rings (SSSR count). The molecule has 0 saturated carbocycles. The first-order valence-electron chi connectivity index (χ1n) is 3.51. The summed E-state index contributed by atoms with van der Waals surface area (Å²) in [6.45, 7) is 7.09. The summed E-state index contributed by atoms with van der Waals surface area (Å²) >= 11 is 0. The van der Waals surface area contributed by atoms with Gasteiger partial charge in [0.05, 0.1) is 0 Å². The third-order valence-corrected chi connectivity index (χ3v) is 2.04. The van der Waals surface area contributed by atoms with E-state index in [1.54, 1.807) is 0 Å². The van der Waals surface area contributed by atoms with Gasteiger partial charge in [-0.05, 0) is 31.3 Å².